The van der Waals surface area contributed by atoms with Gasteiger partial charge >= 0.3 is 9.53 Å². The van der Waals surface area contributed by atoms with Gasteiger partial charge in [-0.05, 0) is 20.8 Å². The predicted octanol–water partition coefficient (Wildman–Crippen LogP) is 0.843. The predicted molar refractivity (Wildman–Crippen MR) is 63.6 cm³/mol. The Kier molecular flexibility index (Phi) is 6.69. The fourth-order valence-electron chi connectivity index (χ4n) is 1.31. The van der Waals surface area contributed by atoms with E-state index in [1.165, 1.54) is 0 Å². The topological polar surface area (TPSA) is 49.5 Å². The largest absolute Gasteiger partial charge is 0.483 e. The molecule has 1 saturated heterocycles. The summed E-state index contributed by atoms with van der Waals surface area (Å²) >= 11 is 0. The first-order valence-corrected chi connectivity index (χ1v) is 6.55. The van der Waals surface area contributed by atoms with Crippen LogP contribution >= 0.6 is 0 Å². The molecule has 5 nitrogen and oxygen atoms in total. The Labute approximate surface area is 99.9 Å². The summed E-state index contributed by atoms with van der Waals surface area (Å²) in [5.74, 6) is 0. The molecule has 0 aromatic carbocycles. The molecule has 1 aliphatic rings. The zero-order valence-electron chi connectivity index (χ0n) is 11.3. The second-order valence-corrected chi connectivity index (χ2v) is 6.26. The van der Waals surface area contributed by atoms with Crippen molar-refractivity contribution in [2.24, 2.45) is 0 Å². The highest BCUT2D eigenvalue weighted by Crippen LogP contribution is 2.46. The highest BCUT2D eigenvalue weighted by molar-refractivity contribution is 6.36. The van der Waals surface area contributed by atoms with E-state index in [9.17, 15) is 0 Å². The summed E-state index contributed by atoms with van der Waals surface area (Å²) < 4.78 is 24.6. The summed E-state index contributed by atoms with van der Waals surface area (Å²) in [5.41, 5.74) is 0.00472. The second-order valence-electron chi connectivity index (χ2n) is 4.27. The summed E-state index contributed by atoms with van der Waals surface area (Å²) in [5, 5.41) is 0. The quantitative estimate of drug-likeness (QED) is 0.536. The summed E-state index contributed by atoms with van der Waals surface area (Å²) in [6.45, 7) is 6.91. The van der Waals surface area contributed by atoms with Crippen molar-refractivity contribution in [3.8, 4) is 0 Å². The Bertz CT molecular complexity index is 190. The normalized spacial score (nSPS) is 26.2. The average molecular weight is 252 g/mol. The maximum atomic E-state index is 5.41. The third-order valence-corrected chi connectivity index (χ3v) is 3.86. The minimum Gasteiger partial charge on any atom is -0.382 e. The van der Waals surface area contributed by atoms with Gasteiger partial charge in [0.25, 0.3) is 0 Å². The molecule has 1 atom stereocenters. The Balaban J connectivity index is 0.000000293. The van der Waals surface area contributed by atoms with E-state index in [1.54, 1.807) is 28.4 Å². The van der Waals surface area contributed by atoms with Gasteiger partial charge < -0.3 is 22.8 Å². The van der Waals surface area contributed by atoms with Crippen LogP contribution in [0.15, 0.2) is 0 Å². The van der Waals surface area contributed by atoms with Crippen LogP contribution in [0.2, 0.25) is 0 Å². The van der Waals surface area contributed by atoms with Crippen LogP contribution in [-0.4, -0.2) is 55.8 Å². The molecule has 98 valence electrons. The molecule has 1 rings (SSSR count). The molecule has 0 aliphatic carbocycles. The first-order chi connectivity index (χ1) is 7.36. The lowest BCUT2D eigenvalue weighted by molar-refractivity contribution is 0.130. The van der Waals surface area contributed by atoms with Crippen LogP contribution in [0.25, 0.3) is 0 Å². The molecule has 1 unspecified atom stereocenters. The molecule has 0 radical (unpaired) electrons. The highest BCUT2D eigenvalue weighted by atomic mass is 28.3. The first kappa shape index (κ1) is 16.0. The molecular formula is C10H24O5Si. The summed E-state index contributed by atoms with van der Waals surface area (Å²) in [7, 11) is 4.75. The number of epoxide rings is 1. The van der Waals surface area contributed by atoms with Crippen molar-refractivity contribution in [1.29, 1.82) is 0 Å². The van der Waals surface area contributed by atoms with Gasteiger partial charge in [0.2, 0.25) is 0 Å². The van der Waals surface area contributed by atoms with E-state index < -0.39 is 9.53 Å². The van der Waals surface area contributed by atoms with Gasteiger partial charge in [-0.15, -0.1) is 0 Å². The highest BCUT2D eigenvalue weighted by Gasteiger charge is 2.59. The molecule has 0 aromatic heterocycles. The third-order valence-electron chi connectivity index (χ3n) is 2.71. The SMILES string of the molecule is COCC1(C)OC1(C)C.CO[SiH](OC)OC. The van der Waals surface area contributed by atoms with E-state index in [1.807, 2.05) is 0 Å². The van der Waals surface area contributed by atoms with Crippen LogP contribution in [0.1, 0.15) is 20.8 Å². The minimum absolute atomic E-state index is 0.0260. The van der Waals surface area contributed by atoms with Crippen molar-refractivity contribution in [3.05, 3.63) is 0 Å². The molecule has 0 spiro atoms. The van der Waals surface area contributed by atoms with Gasteiger partial charge in [-0.25, -0.2) is 0 Å². The molecule has 0 N–H and O–H groups in total. The van der Waals surface area contributed by atoms with Gasteiger partial charge in [0.1, 0.15) is 5.60 Å². The van der Waals surface area contributed by atoms with Crippen molar-refractivity contribution in [1.82, 2.24) is 0 Å². The summed E-state index contributed by atoms with van der Waals surface area (Å²) in [6.07, 6.45) is 0. The molecule has 0 saturated carbocycles. The molecule has 1 heterocycles. The minimum atomic E-state index is -1.67. The van der Waals surface area contributed by atoms with Crippen LogP contribution in [0.4, 0.5) is 0 Å². The van der Waals surface area contributed by atoms with Crippen molar-refractivity contribution >= 4 is 9.53 Å². The Morgan fingerprint density at radius 3 is 1.38 bits per heavy atom. The van der Waals surface area contributed by atoms with Crippen LogP contribution < -0.4 is 0 Å². The Morgan fingerprint density at radius 1 is 0.938 bits per heavy atom. The van der Waals surface area contributed by atoms with Crippen LogP contribution in [0, 0.1) is 0 Å². The molecule has 0 aromatic rings. The zero-order chi connectivity index (χ0) is 12.8. The van der Waals surface area contributed by atoms with Gasteiger partial charge in [-0.2, -0.15) is 0 Å². The fraction of sp³-hybridized carbons (Fsp3) is 1.00. The first-order valence-electron chi connectivity index (χ1n) is 5.14. The monoisotopic (exact) mass is 252 g/mol. The van der Waals surface area contributed by atoms with Crippen LogP contribution in [-0.2, 0) is 22.8 Å². The van der Waals surface area contributed by atoms with E-state index in [0.717, 1.165) is 0 Å². The van der Waals surface area contributed by atoms with E-state index in [2.05, 4.69) is 20.8 Å². The molecule has 16 heavy (non-hydrogen) atoms. The number of ether oxygens (including phenoxy) is 2. The van der Waals surface area contributed by atoms with Crippen LogP contribution in [0.5, 0.6) is 0 Å². The number of rotatable bonds is 5. The maximum absolute atomic E-state index is 5.41. The summed E-state index contributed by atoms with van der Waals surface area (Å²) in [4.78, 5) is 0. The number of methoxy groups -OCH3 is 1. The van der Waals surface area contributed by atoms with Gasteiger partial charge in [0.05, 0.1) is 12.2 Å². The van der Waals surface area contributed by atoms with E-state index in [-0.39, 0.29) is 11.2 Å². The van der Waals surface area contributed by atoms with E-state index >= 15 is 0 Å². The van der Waals surface area contributed by atoms with Crippen molar-refractivity contribution < 1.29 is 22.8 Å². The molecule has 6 heteroatoms. The van der Waals surface area contributed by atoms with Crippen LogP contribution in [0.3, 0.4) is 0 Å². The molecule has 0 bridgehead atoms. The van der Waals surface area contributed by atoms with Gasteiger partial charge in [-0.1, -0.05) is 0 Å². The van der Waals surface area contributed by atoms with Crippen molar-refractivity contribution in [2.45, 2.75) is 32.0 Å². The second kappa shape index (κ2) is 6.68. The standard InChI is InChI=1S/C7H14O2.C3H10O3Si/c1-6(2)7(3,9-6)5-8-4;1-4-7(5-2)6-3/h5H2,1-4H3;7H,1-3H3. The zero-order valence-corrected chi connectivity index (χ0v) is 12.5. The van der Waals surface area contributed by atoms with Crippen molar-refractivity contribution in [3.63, 3.8) is 0 Å². The molecule has 1 fully saturated rings. The van der Waals surface area contributed by atoms with E-state index in [0.29, 0.717) is 6.61 Å². The third kappa shape index (κ3) is 4.48. The molecule has 1 aliphatic heterocycles. The lowest BCUT2D eigenvalue weighted by atomic mass is 10.00. The maximum Gasteiger partial charge on any atom is 0.483 e. The van der Waals surface area contributed by atoms with Crippen molar-refractivity contribution in [2.75, 3.05) is 35.0 Å². The number of hydrogen-bond donors (Lipinski definition) is 0. The molecule has 0 amide bonds. The molecular weight excluding hydrogens is 228 g/mol. The van der Waals surface area contributed by atoms with Gasteiger partial charge in [0.15, 0.2) is 0 Å². The Hall–Kier alpha value is 0.0169. The fourth-order valence-corrected chi connectivity index (χ4v) is 1.88. The Morgan fingerprint density at radius 2 is 1.31 bits per heavy atom. The van der Waals surface area contributed by atoms with E-state index in [4.69, 9.17) is 22.8 Å². The van der Waals surface area contributed by atoms with Gasteiger partial charge in [-0.3, -0.25) is 0 Å². The summed E-state index contributed by atoms with van der Waals surface area (Å²) in [6, 6.07) is 0. The smallest absolute Gasteiger partial charge is 0.382 e. The number of hydrogen-bond acceptors (Lipinski definition) is 5. The lowest BCUT2D eigenvalue weighted by Gasteiger charge is -2.05. The lowest BCUT2D eigenvalue weighted by Crippen LogP contribution is -2.21. The average Bonchev–Trinajstić information content (AvgIpc) is 2.69. The van der Waals surface area contributed by atoms with Gasteiger partial charge in [0, 0.05) is 28.4 Å².